The zero-order valence-electron chi connectivity index (χ0n) is 13.9. The van der Waals surface area contributed by atoms with E-state index in [1.807, 2.05) is 6.92 Å². The summed E-state index contributed by atoms with van der Waals surface area (Å²) in [6.45, 7) is 2.58. The van der Waals surface area contributed by atoms with Gasteiger partial charge in [0.2, 0.25) is 6.79 Å². The molecule has 2 aromatic rings. The van der Waals surface area contributed by atoms with E-state index in [1.165, 1.54) is 0 Å². The number of anilines is 1. The van der Waals surface area contributed by atoms with Gasteiger partial charge in [-0.3, -0.25) is 4.79 Å². The van der Waals surface area contributed by atoms with Crippen LogP contribution in [-0.2, 0) is 4.74 Å². The molecule has 25 heavy (non-hydrogen) atoms. The molecular formula is C19H19NO5. The fourth-order valence-electron chi connectivity index (χ4n) is 2.36. The van der Waals surface area contributed by atoms with Gasteiger partial charge in [-0.05, 0) is 42.8 Å². The number of unbranched alkanes of at least 4 members (excludes halogenated alkanes) is 1. The Balaban J connectivity index is 1.67. The SMILES string of the molecule is CCCCOC(=O)c1cccc(NC(=O)c2ccc3c(c2)OCO3)c1. The van der Waals surface area contributed by atoms with Crippen molar-refractivity contribution in [2.75, 3.05) is 18.7 Å². The molecule has 3 rings (SSSR count). The van der Waals surface area contributed by atoms with Crippen molar-refractivity contribution in [2.24, 2.45) is 0 Å². The van der Waals surface area contributed by atoms with Gasteiger partial charge in [-0.1, -0.05) is 19.4 Å². The quantitative estimate of drug-likeness (QED) is 0.641. The summed E-state index contributed by atoms with van der Waals surface area (Å²) in [6, 6.07) is 11.6. The Morgan fingerprint density at radius 3 is 2.76 bits per heavy atom. The lowest BCUT2D eigenvalue weighted by atomic mass is 10.1. The summed E-state index contributed by atoms with van der Waals surface area (Å²) in [5.41, 5.74) is 1.37. The third-order valence-electron chi connectivity index (χ3n) is 3.72. The highest BCUT2D eigenvalue weighted by atomic mass is 16.7. The monoisotopic (exact) mass is 341 g/mol. The summed E-state index contributed by atoms with van der Waals surface area (Å²) in [5.74, 6) is 0.469. The molecule has 2 aromatic carbocycles. The van der Waals surface area contributed by atoms with Gasteiger partial charge in [0, 0.05) is 11.3 Å². The van der Waals surface area contributed by atoms with Crippen LogP contribution in [0, 0.1) is 0 Å². The zero-order valence-corrected chi connectivity index (χ0v) is 13.9. The van der Waals surface area contributed by atoms with Crippen LogP contribution in [-0.4, -0.2) is 25.3 Å². The summed E-state index contributed by atoms with van der Waals surface area (Å²) < 4.78 is 15.7. The van der Waals surface area contributed by atoms with Crippen molar-refractivity contribution in [3.8, 4) is 11.5 Å². The molecule has 130 valence electrons. The number of carbonyl (C=O) groups excluding carboxylic acids is 2. The molecule has 0 saturated carbocycles. The fraction of sp³-hybridized carbons (Fsp3) is 0.263. The second-order valence-electron chi connectivity index (χ2n) is 5.59. The van der Waals surface area contributed by atoms with Crippen molar-refractivity contribution in [3.05, 3.63) is 53.6 Å². The average molecular weight is 341 g/mol. The molecule has 6 nitrogen and oxygen atoms in total. The summed E-state index contributed by atoms with van der Waals surface area (Å²) in [5, 5.41) is 2.77. The highest BCUT2D eigenvalue weighted by Crippen LogP contribution is 2.32. The number of hydrogen-bond donors (Lipinski definition) is 1. The van der Waals surface area contributed by atoms with Crippen LogP contribution in [0.5, 0.6) is 11.5 Å². The maximum Gasteiger partial charge on any atom is 0.338 e. The maximum absolute atomic E-state index is 12.4. The predicted octanol–water partition coefficient (Wildman–Crippen LogP) is 3.62. The smallest absolute Gasteiger partial charge is 0.338 e. The van der Waals surface area contributed by atoms with E-state index < -0.39 is 5.97 Å². The predicted molar refractivity (Wildman–Crippen MR) is 92.2 cm³/mol. The molecule has 1 amide bonds. The third kappa shape index (κ3) is 4.09. The fourth-order valence-corrected chi connectivity index (χ4v) is 2.36. The van der Waals surface area contributed by atoms with Crippen molar-refractivity contribution >= 4 is 17.6 Å². The molecule has 0 unspecified atom stereocenters. The van der Waals surface area contributed by atoms with Crippen LogP contribution >= 0.6 is 0 Å². The van der Waals surface area contributed by atoms with Gasteiger partial charge in [0.15, 0.2) is 11.5 Å². The van der Waals surface area contributed by atoms with Crippen LogP contribution < -0.4 is 14.8 Å². The number of amides is 1. The molecule has 0 aliphatic carbocycles. The number of rotatable bonds is 6. The number of esters is 1. The van der Waals surface area contributed by atoms with Gasteiger partial charge >= 0.3 is 5.97 Å². The van der Waals surface area contributed by atoms with Crippen LogP contribution in [0.1, 0.15) is 40.5 Å². The lowest BCUT2D eigenvalue weighted by Crippen LogP contribution is -2.13. The number of fused-ring (bicyclic) bond motifs is 1. The molecule has 0 saturated heterocycles. The molecular weight excluding hydrogens is 322 g/mol. The molecule has 0 atom stereocenters. The van der Waals surface area contributed by atoms with E-state index in [4.69, 9.17) is 14.2 Å². The minimum atomic E-state index is -0.396. The lowest BCUT2D eigenvalue weighted by molar-refractivity contribution is 0.0499. The standard InChI is InChI=1S/C19H19NO5/c1-2-3-9-23-19(22)14-5-4-6-15(10-14)20-18(21)13-7-8-16-17(11-13)25-12-24-16/h4-8,10-11H,2-3,9,12H2,1H3,(H,20,21). The van der Waals surface area contributed by atoms with Crippen molar-refractivity contribution in [2.45, 2.75) is 19.8 Å². The van der Waals surface area contributed by atoms with E-state index in [0.717, 1.165) is 12.8 Å². The Morgan fingerprint density at radius 1 is 1.08 bits per heavy atom. The van der Waals surface area contributed by atoms with Crippen molar-refractivity contribution in [1.29, 1.82) is 0 Å². The summed E-state index contributed by atoms with van der Waals surface area (Å²) >= 11 is 0. The van der Waals surface area contributed by atoms with Crippen LogP contribution in [0.4, 0.5) is 5.69 Å². The normalized spacial score (nSPS) is 11.9. The van der Waals surface area contributed by atoms with E-state index >= 15 is 0 Å². The van der Waals surface area contributed by atoms with E-state index in [2.05, 4.69) is 5.32 Å². The third-order valence-corrected chi connectivity index (χ3v) is 3.72. The molecule has 1 N–H and O–H groups in total. The van der Waals surface area contributed by atoms with E-state index in [9.17, 15) is 9.59 Å². The molecule has 0 aromatic heterocycles. The molecule has 0 spiro atoms. The minimum Gasteiger partial charge on any atom is -0.462 e. The maximum atomic E-state index is 12.4. The van der Waals surface area contributed by atoms with Gasteiger partial charge in [0.1, 0.15) is 0 Å². The second kappa shape index (κ2) is 7.70. The van der Waals surface area contributed by atoms with Crippen molar-refractivity contribution in [1.82, 2.24) is 0 Å². The molecule has 1 heterocycles. The summed E-state index contributed by atoms with van der Waals surface area (Å²) in [4.78, 5) is 24.4. The number of nitrogens with one attached hydrogen (secondary N) is 1. The highest BCUT2D eigenvalue weighted by molar-refractivity contribution is 6.05. The Kier molecular flexibility index (Phi) is 5.18. The topological polar surface area (TPSA) is 73.9 Å². The van der Waals surface area contributed by atoms with Gasteiger partial charge in [-0.2, -0.15) is 0 Å². The van der Waals surface area contributed by atoms with Gasteiger partial charge in [0.05, 0.1) is 12.2 Å². The van der Waals surface area contributed by atoms with Crippen LogP contribution in [0.25, 0.3) is 0 Å². The van der Waals surface area contributed by atoms with Crippen molar-refractivity contribution < 1.29 is 23.8 Å². The van der Waals surface area contributed by atoms with Crippen LogP contribution in [0.3, 0.4) is 0 Å². The molecule has 0 fully saturated rings. The second-order valence-corrected chi connectivity index (χ2v) is 5.59. The van der Waals surface area contributed by atoms with Crippen molar-refractivity contribution in [3.63, 3.8) is 0 Å². The molecule has 0 bridgehead atoms. The van der Waals surface area contributed by atoms with E-state index in [1.54, 1.807) is 42.5 Å². The summed E-state index contributed by atoms with van der Waals surface area (Å²) in [6.07, 6.45) is 1.78. The first-order valence-electron chi connectivity index (χ1n) is 8.15. The molecule has 6 heteroatoms. The molecule has 1 aliphatic rings. The Hall–Kier alpha value is -3.02. The van der Waals surface area contributed by atoms with Crippen LogP contribution in [0.2, 0.25) is 0 Å². The number of carbonyl (C=O) groups is 2. The van der Waals surface area contributed by atoms with Gasteiger partial charge in [-0.15, -0.1) is 0 Å². The molecule has 0 radical (unpaired) electrons. The Bertz CT molecular complexity index is 787. The largest absolute Gasteiger partial charge is 0.462 e. The lowest BCUT2D eigenvalue weighted by Gasteiger charge is -2.08. The van der Waals surface area contributed by atoms with Gasteiger partial charge in [-0.25, -0.2) is 4.79 Å². The highest BCUT2D eigenvalue weighted by Gasteiger charge is 2.16. The van der Waals surface area contributed by atoms with Crippen LogP contribution in [0.15, 0.2) is 42.5 Å². The minimum absolute atomic E-state index is 0.155. The summed E-state index contributed by atoms with van der Waals surface area (Å²) in [7, 11) is 0. The van der Waals surface area contributed by atoms with Gasteiger partial charge in [0.25, 0.3) is 5.91 Å². The molecule has 1 aliphatic heterocycles. The zero-order chi connectivity index (χ0) is 17.6. The number of hydrogen-bond acceptors (Lipinski definition) is 5. The van der Waals surface area contributed by atoms with E-state index in [-0.39, 0.29) is 12.7 Å². The van der Waals surface area contributed by atoms with E-state index in [0.29, 0.717) is 34.9 Å². The first-order valence-corrected chi connectivity index (χ1v) is 8.15. The Morgan fingerprint density at radius 2 is 1.92 bits per heavy atom. The average Bonchev–Trinajstić information content (AvgIpc) is 3.09. The number of benzene rings is 2. The first-order chi connectivity index (χ1) is 12.2. The first kappa shape index (κ1) is 16.8. The number of ether oxygens (including phenoxy) is 3. The Labute approximate surface area is 145 Å². The van der Waals surface area contributed by atoms with Gasteiger partial charge < -0.3 is 19.5 Å².